The van der Waals surface area contributed by atoms with Crippen LogP contribution in [-0.4, -0.2) is 62.5 Å². The molecule has 1 aromatic carbocycles. The molecule has 1 N–H and O–H groups in total. The maximum absolute atomic E-state index is 13.4. The Bertz CT molecular complexity index is 2000. The Morgan fingerprint density at radius 1 is 0.796 bits per heavy atom. The molecule has 18 heteroatoms. The Labute approximate surface area is 276 Å². The van der Waals surface area contributed by atoms with Gasteiger partial charge in [0.1, 0.15) is 21.5 Å². The number of rotatable bonds is 10. The minimum absolute atomic E-state index is 0.0549. The third-order valence-corrected chi connectivity index (χ3v) is 9.24. The highest BCUT2D eigenvalue weighted by molar-refractivity contribution is 7.87. The van der Waals surface area contributed by atoms with E-state index in [-0.39, 0.29) is 41.8 Å². The van der Waals surface area contributed by atoms with E-state index in [0.717, 1.165) is 47.4 Å². The highest BCUT2D eigenvalue weighted by Crippen LogP contribution is 2.49. The Morgan fingerprint density at radius 2 is 1.24 bits per heavy atom. The van der Waals surface area contributed by atoms with Crippen LogP contribution in [0, 0.1) is 6.92 Å². The zero-order valence-corrected chi connectivity index (χ0v) is 27.3. The van der Waals surface area contributed by atoms with Gasteiger partial charge in [-0.3, -0.25) is 14.4 Å². The molecule has 2 aliphatic rings. The second kappa shape index (κ2) is 13.9. The summed E-state index contributed by atoms with van der Waals surface area (Å²) in [5.74, 6) is -2.92. The van der Waals surface area contributed by atoms with E-state index in [2.05, 4.69) is 14.8 Å². The fourth-order valence-electron chi connectivity index (χ4n) is 4.90. The zero-order chi connectivity index (χ0) is 36.5. The standard InChI is InChI=1S/C18H17F2NO6S.C13H14F2N2O4/c1-11-3-5-12(6-4-11)28(24,25)27-14-9-15(22)21(10-13(14)16(23)26-2)18(7-8-18)17(19)20;1-7(18)16-9-5-10(19)17(6-8(9)11(20)21-2)13(3-4-13)12(14)15/h3-6,9-10,17H,7-8H2,1-2H3;5-6,12H,3-4H2,1-2H3,(H,16,18). The van der Waals surface area contributed by atoms with Crippen molar-refractivity contribution in [3.05, 3.63) is 86.2 Å². The number of hydrogen-bond acceptors (Lipinski definition) is 10. The molecular weight excluding hydrogens is 682 g/mol. The third-order valence-electron chi connectivity index (χ3n) is 8.00. The molecule has 2 aromatic heterocycles. The van der Waals surface area contributed by atoms with Gasteiger partial charge >= 0.3 is 22.1 Å². The molecule has 0 saturated heterocycles. The lowest BCUT2D eigenvalue weighted by molar-refractivity contribution is -0.114. The number of carbonyl (C=O) groups excluding carboxylic acids is 3. The molecule has 0 aliphatic heterocycles. The van der Waals surface area contributed by atoms with Gasteiger partial charge in [0.15, 0.2) is 5.75 Å². The van der Waals surface area contributed by atoms with E-state index in [9.17, 15) is 50.0 Å². The summed E-state index contributed by atoms with van der Waals surface area (Å²) < 4.78 is 93.7. The molecular formula is C31H31F4N3O10S. The molecule has 1 amide bonds. The Kier molecular flexibility index (Phi) is 10.4. The number of halogens is 4. The van der Waals surface area contributed by atoms with Crippen LogP contribution >= 0.6 is 0 Å². The van der Waals surface area contributed by atoms with Crippen molar-refractivity contribution >= 4 is 33.7 Å². The molecule has 2 saturated carbocycles. The van der Waals surface area contributed by atoms with Crippen LogP contribution in [0.3, 0.4) is 0 Å². The van der Waals surface area contributed by atoms with Gasteiger partial charge in [-0.15, -0.1) is 0 Å². The number of carbonyl (C=O) groups is 3. The predicted octanol–water partition coefficient (Wildman–Crippen LogP) is 3.81. The molecule has 0 bridgehead atoms. The van der Waals surface area contributed by atoms with E-state index < -0.39 is 74.3 Å². The number of benzene rings is 1. The van der Waals surface area contributed by atoms with Gasteiger partial charge in [0.2, 0.25) is 5.91 Å². The Balaban J connectivity index is 0.000000230. The molecule has 13 nitrogen and oxygen atoms in total. The molecule has 5 rings (SSSR count). The summed E-state index contributed by atoms with van der Waals surface area (Å²) in [6.07, 6.45) is -3.20. The van der Waals surface area contributed by atoms with Crippen LogP contribution in [0.15, 0.2) is 63.3 Å². The van der Waals surface area contributed by atoms with Crippen LogP contribution in [0.2, 0.25) is 0 Å². The minimum atomic E-state index is -4.36. The number of anilines is 1. The van der Waals surface area contributed by atoms with Gasteiger partial charge in [-0.2, -0.15) is 8.42 Å². The summed E-state index contributed by atoms with van der Waals surface area (Å²) in [7, 11) is -2.21. The number of amides is 1. The number of ether oxygens (including phenoxy) is 2. The molecule has 0 spiro atoms. The monoisotopic (exact) mass is 713 g/mol. The number of aromatic nitrogens is 2. The van der Waals surface area contributed by atoms with Gasteiger partial charge in [0.25, 0.3) is 24.0 Å². The van der Waals surface area contributed by atoms with E-state index in [1.54, 1.807) is 19.1 Å². The smallest absolute Gasteiger partial charge is 0.343 e. The van der Waals surface area contributed by atoms with Crippen molar-refractivity contribution in [2.45, 2.75) is 68.4 Å². The van der Waals surface area contributed by atoms with Crippen molar-refractivity contribution in [3.63, 3.8) is 0 Å². The number of esters is 2. The van der Waals surface area contributed by atoms with Crippen molar-refractivity contribution in [2.24, 2.45) is 0 Å². The lowest BCUT2D eigenvalue weighted by Crippen LogP contribution is -2.36. The van der Waals surface area contributed by atoms with E-state index in [1.807, 2.05) is 0 Å². The first kappa shape index (κ1) is 36.8. The van der Waals surface area contributed by atoms with Crippen LogP contribution in [0.25, 0.3) is 0 Å². The van der Waals surface area contributed by atoms with Crippen LogP contribution < -0.4 is 20.6 Å². The highest BCUT2D eigenvalue weighted by Gasteiger charge is 2.54. The molecule has 2 heterocycles. The summed E-state index contributed by atoms with van der Waals surface area (Å²) in [4.78, 5) is 59.1. The molecule has 0 unspecified atom stereocenters. The van der Waals surface area contributed by atoms with Gasteiger partial charge in [0.05, 0.1) is 25.5 Å². The van der Waals surface area contributed by atoms with E-state index in [4.69, 9.17) is 4.18 Å². The summed E-state index contributed by atoms with van der Waals surface area (Å²) in [5, 5.41) is 2.32. The zero-order valence-electron chi connectivity index (χ0n) is 26.5. The molecule has 2 fully saturated rings. The minimum Gasteiger partial charge on any atom is -0.465 e. The van der Waals surface area contributed by atoms with E-state index in [1.165, 1.54) is 19.1 Å². The first-order valence-corrected chi connectivity index (χ1v) is 15.9. The first-order valence-electron chi connectivity index (χ1n) is 14.5. The molecule has 0 atom stereocenters. The van der Waals surface area contributed by atoms with Gasteiger partial charge < -0.3 is 28.1 Å². The maximum Gasteiger partial charge on any atom is 0.343 e. The molecule has 49 heavy (non-hydrogen) atoms. The summed E-state index contributed by atoms with van der Waals surface area (Å²) in [6.45, 7) is 2.97. The van der Waals surface area contributed by atoms with Crippen molar-refractivity contribution in [2.75, 3.05) is 19.5 Å². The topological polar surface area (TPSA) is 169 Å². The molecule has 0 radical (unpaired) electrons. The molecule has 2 aliphatic carbocycles. The van der Waals surface area contributed by atoms with Crippen LogP contribution in [0.5, 0.6) is 5.75 Å². The van der Waals surface area contributed by atoms with Gasteiger partial charge in [-0.05, 0) is 44.7 Å². The molecule has 264 valence electrons. The van der Waals surface area contributed by atoms with Gasteiger partial charge in [-0.1, -0.05) is 17.7 Å². The normalized spacial score (nSPS) is 15.5. The van der Waals surface area contributed by atoms with Crippen LogP contribution in [0.1, 0.15) is 58.9 Å². The maximum atomic E-state index is 13.4. The van der Waals surface area contributed by atoms with E-state index in [0.29, 0.717) is 6.07 Å². The highest BCUT2D eigenvalue weighted by atomic mass is 32.2. The number of nitrogens with one attached hydrogen (secondary N) is 1. The quantitative estimate of drug-likeness (QED) is 0.185. The van der Waals surface area contributed by atoms with Crippen molar-refractivity contribution in [1.82, 2.24) is 9.13 Å². The number of pyridine rings is 2. The number of hydrogen-bond donors (Lipinski definition) is 1. The Hall–Kier alpha value is -5.00. The first-order chi connectivity index (χ1) is 22.9. The summed E-state index contributed by atoms with van der Waals surface area (Å²) in [6, 6.07) is 7.37. The lowest BCUT2D eigenvalue weighted by Gasteiger charge is -2.19. The number of alkyl halides is 4. The fourth-order valence-corrected chi connectivity index (χ4v) is 5.84. The van der Waals surface area contributed by atoms with Crippen LogP contribution in [-0.2, 0) is 35.5 Å². The lowest BCUT2D eigenvalue weighted by atomic mass is 10.2. The average molecular weight is 714 g/mol. The van der Waals surface area contributed by atoms with Crippen molar-refractivity contribution < 1.29 is 54.0 Å². The molecule has 3 aromatic rings. The van der Waals surface area contributed by atoms with Crippen LogP contribution in [0.4, 0.5) is 23.2 Å². The average Bonchev–Trinajstić information content (AvgIpc) is 3.96. The van der Waals surface area contributed by atoms with E-state index >= 15 is 0 Å². The van der Waals surface area contributed by atoms with Gasteiger partial charge in [-0.25, -0.2) is 27.2 Å². The largest absolute Gasteiger partial charge is 0.465 e. The number of nitrogens with zero attached hydrogens (tertiary/aromatic N) is 2. The summed E-state index contributed by atoms with van der Waals surface area (Å²) >= 11 is 0. The summed E-state index contributed by atoms with van der Waals surface area (Å²) in [5.41, 5.74) is -4.69. The van der Waals surface area contributed by atoms with Crippen molar-refractivity contribution in [1.29, 1.82) is 0 Å². The second-order valence-corrected chi connectivity index (χ2v) is 12.9. The third kappa shape index (κ3) is 7.53. The number of aryl methyl sites for hydroxylation is 1. The van der Waals surface area contributed by atoms with Gasteiger partial charge in [0, 0.05) is 31.5 Å². The predicted molar refractivity (Wildman–Crippen MR) is 164 cm³/mol. The second-order valence-electron chi connectivity index (χ2n) is 11.4. The fraction of sp³-hybridized carbons (Fsp3) is 0.387. The number of methoxy groups -OCH3 is 2. The van der Waals surface area contributed by atoms with Crippen molar-refractivity contribution in [3.8, 4) is 5.75 Å². The Morgan fingerprint density at radius 3 is 1.67 bits per heavy atom. The SMILES string of the molecule is COC(=O)c1cn(C2(C(F)F)CC2)c(=O)cc1NC(C)=O.COC(=O)c1cn(C2(C(F)F)CC2)c(=O)cc1OS(=O)(=O)c1ccc(C)cc1.